The van der Waals surface area contributed by atoms with Crippen LogP contribution in [0, 0.1) is 11.5 Å². The Bertz CT molecular complexity index is 79.8. The quantitative estimate of drug-likeness (QED) is 0.281. The van der Waals surface area contributed by atoms with E-state index in [9.17, 15) is 0 Å². The molecule has 0 fully saturated rings. The van der Waals surface area contributed by atoms with Crippen molar-refractivity contribution in [3.8, 4) is 11.5 Å². The van der Waals surface area contributed by atoms with Crippen molar-refractivity contribution in [1.82, 2.24) is 0 Å². The van der Waals surface area contributed by atoms with E-state index in [1.807, 2.05) is 13.8 Å². The molecule has 0 aliphatic rings. The number of hydrogen-bond donors (Lipinski definition) is 0. The third-order valence-electron chi connectivity index (χ3n) is 0.555. The van der Waals surface area contributed by atoms with E-state index in [2.05, 4.69) is 11.5 Å². The minimum absolute atomic E-state index is 0.450. The van der Waals surface area contributed by atoms with Gasteiger partial charge in [-0.15, -0.1) is 11.5 Å². The summed E-state index contributed by atoms with van der Waals surface area (Å²) in [6, 6.07) is 0. The lowest BCUT2D eigenvalue weighted by molar-refractivity contribution is 0.368. The minimum atomic E-state index is -0.450. The highest BCUT2D eigenvalue weighted by atomic mass is 28.2. The number of hydrogen-bond acceptors (Lipinski definition) is 1. The molecule has 0 atom stereocenters. The van der Waals surface area contributed by atoms with E-state index in [0.717, 1.165) is 6.61 Å². The molecule has 0 aromatic rings. The molecule has 0 heterocycles. The molecule has 0 aliphatic heterocycles. The molecule has 7 heavy (non-hydrogen) atoms. The van der Waals surface area contributed by atoms with Crippen LogP contribution in [0.3, 0.4) is 0 Å². The van der Waals surface area contributed by atoms with E-state index in [1.165, 1.54) is 0 Å². The molecule has 0 amide bonds. The summed E-state index contributed by atoms with van der Waals surface area (Å²) < 4.78 is 5.04. The third kappa shape index (κ3) is 5.74. The zero-order valence-electron chi connectivity index (χ0n) is 4.82. The van der Waals surface area contributed by atoms with Gasteiger partial charge in [0.1, 0.15) is 0 Å². The van der Waals surface area contributed by atoms with Gasteiger partial charge >= 0.3 is 0 Å². The van der Waals surface area contributed by atoms with Crippen LogP contribution in [-0.2, 0) is 4.43 Å². The largest absolute Gasteiger partial charge is 0.411 e. The van der Waals surface area contributed by atoms with Gasteiger partial charge in [0.2, 0.25) is 9.76 Å². The van der Waals surface area contributed by atoms with Gasteiger partial charge in [-0.05, 0) is 13.8 Å². The molecule has 0 bridgehead atoms. The van der Waals surface area contributed by atoms with E-state index in [-0.39, 0.29) is 0 Å². The molecule has 2 heteroatoms. The Labute approximate surface area is 47.0 Å². The maximum atomic E-state index is 5.04. The summed E-state index contributed by atoms with van der Waals surface area (Å²) >= 11 is 0. The molecule has 0 saturated heterocycles. The van der Waals surface area contributed by atoms with Crippen molar-refractivity contribution in [2.45, 2.75) is 13.8 Å². The molecule has 0 N–H and O–H groups in total. The van der Waals surface area contributed by atoms with Gasteiger partial charge in [-0.25, -0.2) is 0 Å². The molecule has 0 unspecified atom stereocenters. The fourth-order valence-corrected chi connectivity index (χ4v) is 0.676. The SMILES string of the molecule is CC#C[SiH2]OCC. The minimum Gasteiger partial charge on any atom is -0.411 e. The maximum Gasteiger partial charge on any atom is 0.240 e. The van der Waals surface area contributed by atoms with Gasteiger partial charge < -0.3 is 4.43 Å². The first-order valence-electron chi connectivity index (χ1n) is 2.39. The molecule has 0 aromatic heterocycles. The standard InChI is InChI=1S/C5H10OSi/c1-3-5-7-6-4-2/h4,7H2,1-2H3. The van der Waals surface area contributed by atoms with E-state index < -0.39 is 9.76 Å². The van der Waals surface area contributed by atoms with Gasteiger partial charge in [-0.2, -0.15) is 0 Å². The van der Waals surface area contributed by atoms with Gasteiger partial charge in [0, 0.05) is 6.61 Å². The topological polar surface area (TPSA) is 9.23 Å². The zero-order valence-corrected chi connectivity index (χ0v) is 6.24. The fraction of sp³-hybridized carbons (Fsp3) is 0.600. The highest BCUT2D eigenvalue weighted by molar-refractivity contribution is 6.38. The molecule has 0 spiro atoms. The van der Waals surface area contributed by atoms with Crippen LogP contribution >= 0.6 is 0 Å². The van der Waals surface area contributed by atoms with Crippen molar-refractivity contribution in [3.63, 3.8) is 0 Å². The lowest BCUT2D eigenvalue weighted by atomic mass is 10.8. The second-order valence-corrected chi connectivity index (χ2v) is 2.11. The summed E-state index contributed by atoms with van der Waals surface area (Å²) in [4.78, 5) is 0. The van der Waals surface area contributed by atoms with E-state index in [4.69, 9.17) is 4.43 Å². The van der Waals surface area contributed by atoms with Crippen LogP contribution in [0.5, 0.6) is 0 Å². The van der Waals surface area contributed by atoms with Crippen LogP contribution in [-0.4, -0.2) is 16.4 Å². The summed E-state index contributed by atoms with van der Waals surface area (Å²) in [6.45, 7) is 4.65. The van der Waals surface area contributed by atoms with Crippen LogP contribution in [0.15, 0.2) is 0 Å². The Morgan fingerprint density at radius 3 is 2.86 bits per heavy atom. The molecule has 40 valence electrons. The van der Waals surface area contributed by atoms with E-state index in [1.54, 1.807) is 0 Å². The van der Waals surface area contributed by atoms with Crippen LogP contribution < -0.4 is 0 Å². The zero-order chi connectivity index (χ0) is 5.54. The van der Waals surface area contributed by atoms with Crippen LogP contribution in [0.4, 0.5) is 0 Å². The Hall–Kier alpha value is -0.263. The van der Waals surface area contributed by atoms with Crippen molar-refractivity contribution in [2.24, 2.45) is 0 Å². The summed E-state index contributed by atoms with van der Waals surface area (Å²) in [5.74, 6) is 2.79. The molecular formula is C5H10OSi. The predicted molar refractivity (Wildman–Crippen MR) is 33.6 cm³/mol. The summed E-state index contributed by atoms with van der Waals surface area (Å²) in [5, 5.41) is 0. The van der Waals surface area contributed by atoms with Gasteiger partial charge in [0.05, 0.1) is 0 Å². The smallest absolute Gasteiger partial charge is 0.240 e. The monoisotopic (exact) mass is 114 g/mol. The Morgan fingerprint density at radius 1 is 1.71 bits per heavy atom. The van der Waals surface area contributed by atoms with Gasteiger partial charge in [-0.3, -0.25) is 0 Å². The molecule has 0 aliphatic carbocycles. The van der Waals surface area contributed by atoms with E-state index in [0.29, 0.717) is 0 Å². The Morgan fingerprint density at radius 2 is 2.43 bits per heavy atom. The highest BCUT2D eigenvalue weighted by Crippen LogP contribution is 1.63. The van der Waals surface area contributed by atoms with Crippen LogP contribution in [0.25, 0.3) is 0 Å². The second-order valence-electron chi connectivity index (χ2n) is 1.06. The summed E-state index contributed by atoms with van der Waals surface area (Å²) in [6.07, 6.45) is 0. The molecule has 0 radical (unpaired) electrons. The van der Waals surface area contributed by atoms with Crippen LogP contribution in [0.2, 0.25) is 0 Å². The van der Waals surface area contributed by atoms with Gasteiger partial charge in [0.15, 0.2) is 0 Å². The first-order valence-corrected chi connectivity index (χ1v) is 3.67. The normalized spacial score (nSPS) is 8.86. The fourth-order valence-electron chi connectivity index (χ4n) is 0.225. The van der Waals surface area contributed by atoms with Gasteiger partial charge in [-0.1, -0.05) is 0 Å². The lowest BCUT2D eigenvalue weighted by Gasteiger charge is -1.86. The average Bonchev–Trinajstić information content (AvgIpc) is 1.69. The summed E-state index contributed by atoms with van der Waals surface area (Å²) in [7, 11) is -0.450. The molecule has 0 aromatic carbocycles. The molecule has 0 rings (SSSR count). The second kappa shape index (κ2) is 5.74. The van der Waals surface area contributed by atoms with Gasteiger partial charge in [0.25, 0.3) is 0 Å². The molecular weight excluding hydrogens is 104 g/mol. The van der Waals surface area contributed by atoms with Crippen molar-refractivity contribution < 1.29 is 4.43 Å². The predicted octanol–water partition coefficient (Wildman–Crippen LogP) is 0.0875. The molecule has 0 saturated carbocycles. The Balaban J connectivity index is 2.78. The first kappa shape index (κ1) is 6.74. The first-order chi connectivity index (χ1) is 3.41. The molecule has 1 nitrogen and oxygen atoms in total. The van der Waals surface area contributed by atoms with Crippen molar-refractivity contribution >= 4 is 9.76 Å². The Kier molecular flexibility index (Phi) is 5.52. The van der Waals surface area contributed by atoms with E-state index >= 15 is 0 Å². The third-order valence-corrected chi connectivity index (χ3v) is 1.67. The van der Waals surface area contributed by atoms with Crippen molar-refractivity contribution in [3.05, 3.63) is 0 Å². The average molecular weight is 114 g/mol. The lowest BCUT2D eigenvalue weighted by Crippen LogP contribution is -1.92. The maximum absolute atomic E-state index is 5.04. The summed E-state index contributed by atoms with van der Waals surface area (Å²) in [5.41, 5.74) is 2.92. The van der Waals surface area contributed by atoms with Crippen molar-refractivity contribution in [2.75, 3.05) is 6.61 Å². The highest BCUT2D eigenvalue weighted by Gasteiger charge is 1.71. The van der Waals surface area contributed by atoms with Crippen molar-refractivity contribution in [1.29, 1.82) is 0 Å². The number of rotatable bonds is 2. The van der Waals surface area contributed by atoms with Crippen LogP contribution in [0.1, 0.15) is 13.8 Å².